The number of phenols is 1. The van der Waals surface area contributed by atoms with Crippen molar-refractivity contribution in [2.45, 2.75) is 60.0 Å². The van der Waals surface area contributed by atoms with Gasteiger partial charge >= 0.3 is 0 Å². The first-order valence-corrected chi connectivity index (χ1v) is 14.3. The van der Waals surface area contributed by atoms with Crippen molar-refractivity contribution in [1.29, 1.82) is 0 Å². The summed E-state index contributed by atoms with van der Waals surface area (Å²) in [5.74, 6) is -5.61. The molecule has 2 aromatic carbocycles. The van der Waals surface area contributed by atoms with E-state index in [4.69, 9.17) is 0 Å². The summed E-state index contributed by atoms with van der Waals surface area (Å²) in [7, 11) is 0. The van der Waals surface area contributed by atoms with Crippen molar-refractivity contribution in [3.8, 4) is 5.75 Å². The van der Waals surface area contributed by atoms with Gasteiger partial charge in [0, 0.05) is 27.9 Å². The molecule has 5 rings (SSSR count). The highest BCUT2D eigenvalue weighted by molar-refractivity contribution is 6.24. The number of Topliss-reactive ketones (excluding diaryl/α,β-unsaturated/α-hetero) is 4. The summed E-state index contributed by atoms with van der Waals surface area (Å²) < 4.78 is 0. The maximum Gasteiger partial charge on any atom is 0.203 e. The first kappa shape index (κ1) is 30.2. The molecule has 1 saturated carbocycles. The van der Waals surface area contributed by atoms with Crippen LogP contribution in [0.25, 0.3) is 17.9 Å². The molecule has 1 unspecified atom stereocenters. The number of aliphatic hydroxyl groups excluding tert-OH is 2. The largest absolute Gasteiger partial charge is 0.508 e. The Hall–Kier alpha value is -4.30. The molecule has 2 aromatic rings. The molecule has 0 aromatic heterocycles. The zero-order valence-corrected chi connectivity index (χ0v) is 25.1. The van der Waals surface area contributed by atoms with Gasteiger partial charge in [-0.05, 0) is 61.4 Å². The lowest BCUT2D eigenvalue weighted by Gasteiger charge is -2.59. The lowest BCUT2D eigenvalue weighted by Crippen LogP contribution is -2.69. The third kappa shape index (κ3) is 4.14. The lowest BCUT2D eigenvalue weighted by molar-refractivity contribution is -0.178. The molecule has 3 aliphatic carbocycles. The van der Waals surface area contributed by atoms with Gasteiger partial charge in [-0.25, -0.2) is 0 Å². The van der Waals surface area contributed by atoms with E-state index in [0.29, 0.717) is 16.7 Å². The van der Waals surface area contributed by atoms with Gasteiger partial charge in [0.1, 0.15) is 22.8 Å². The van der Waals surface area contributed by atoms with Crippen molar-refractivity contribution >= 4 is 41.0 Å². The Kier molecular flexibility index (Phi) is 6.93. The van der Waals surface area contributed by atoms with E-state index >= 15 is 0 Å². The Morgan fingerprint density at radius 2 is 1.65 bits per heavy atom. The van der Waals surface area contributed by atoms with Crippen LogP contribution in [0, 0.1) is 22.7 Å². The predicted octanol–water partition coefficient (Wildman–Crippen LogP) is 5.56. The van der Waals surface area contributed by atoms with Crippen LogP contribution in [0.4, 0.5) is 0 Å². The summed E-state index contributed by atoms with van der Waals surface area (Å²) in [6, 6.07) is 10.2. The van der Waals surface area contributed by atoms with Crippen molar-refractivity contribution in [3.63, 3.8) is 0 Å². The highest BCUT2D eigenvalue weighted by Gasteiger charge is 2.72. The van der Waals surface area contributed by atoms with Gasteiger partial charge in [0.05, 0.1) is 5.56 Å². The second kappa shape index (κ2) is 9.88. The summed E-state index contributed by atoms with van der Waals surface area (Å²) in [5, 5.41) is 46.0. The summed E-state index contributed by atoms with van der Waals surface area (Å²) in [6.45, 7) is 9.47. The number of benzene rings is 2. The molecule has 0 saturated heterocycles. The smallest absolute Gasteiger partial charge is 0.203 e. The number of aliphatic hydroxyl groups is 3. The molecule has 0 heterocycles. The molecule has 0 amide bonds. The van der Waals surface area contributed by atoms with Crippen LogP contribution in [0.2, 0.25) is 0 Å². The monoisotopic (exact) mass is 584 g/mol. The van der Waals surface area contributed by atoms with Crippen LogP contribution in [0.1, 0.15) is 80.6 Å². The summed E-state index contributed by atoms with van der Waals surface area (Å²) >= 11 is 0. The number of allylic oxidation sites excluding steroid dienone is 1. The molecule has 4 atom stereocenters. The van der Waals surface area contributed by atoms with Gasteiger partial charge in [0.15, 0.2) is 23.0 Å². The van der Waals surface area contributed by atoms with Gasteiger partial charge in [-0.2, -0.15) is 0 Å². The van der Waals surface area contributed by atoms with E-state index in [9.17, 15) is 39.6 Å². The first-order chi connectivity index (χ1) is 20.0. The van der Waals surface area contributed by atoms with Crippen LogP contribution in [-0.2, 0) is 20.8 Å². The highest BCUT2D eigenvalue weighted by atomic mass is 16.3. The predicted molar refractivity (Wildman–Crippen MR) is 161 cm³/mol. The lowest BCUT2D eigenvalue weighted by atomic mass is 9.43. The van der Waals surface area contributed by atoms with Crippen molar-refractivity contribution < 1.29 is 39.6 Å². The molecular weight excluding hydrogens is 548 g/mol. The average Bonchev–Trinajstić information content (AvgIpc) is 2.90. The number of aromatic hydroxyl groups is 1. The Balaban J connectivity index is 1.72. The van der Waals surface area contributed by atoms with Gasteiger partial charge in [-0.1, -0.05) is 64.1 Å². The van der Waals surface area contributed by atoms with Crippen molar-refractivity contribution in [1.82, 2.24) is 0 Å². The number of carbonyl (C=O) groups excluding carboxylic acids is 4. The van der Waals surface area contributed by atoms with Crippen molar-refractivity contribution in [3.05, 3.63) is 81.1 Å². The summed E-state index contributed by atoms with van der Waals surface area (Å²) in [6.07, 6.45) is 3.80. The molecular formula is C35H36O8. The fourth-order valence-corrected chi connectivity index (χ4v) is 7.94. The van der Waals surface area contributed by atoms with Crippen LogP contribution < -0.4 is 0 Å². The number of ketones is 4. The van der Waals surface area contributed by atoms with Gasteiger partial charge in [-0.3, -0.25) is 19.2 Å². The average molecular weight is 585 g/mol. The van der Waals surface area contributed by atoms with Crippen LogP contribution in [0.5, 0.6) is 5.75 Å². The Morgan fingerprint density at radius 1 is 0.977 bits per heavy atom. The maximum absolute atomic E-state index is 14.4. The zero-order valence-electron chi connectivity index (χ0n) is 25.1. The van der Waals surface area contributed by atoms with E-state index in [1.54, 1.807) is 58.0 Å². The van der Waals surface area contributed by atoms with E-state index in [1.807, 2.05) is 12.1 Å². The molecule has 0 aliphatic heterocycles. The fourth-order valence-electron chi connectivity index (χ4n) is 7.94. The Morgan fingerprint density at radius 3 is 2.26 bits per heavy atom. The molecule has 43 heavy (non-hydrogen) atoms. The van der Waals surface area contributed by atoms with E-state index in [2.05, 4.69) is 0 Å². The molecule has 0 bridgehead atoms. The quantitative estimate of drug-likeness (QED) is 0.203. The molecule has 4 N–H and O–H groups in total. The molecule has 0 radical (unpaired) electrons. The normalized spacial score (nSPS) is 28.7. The highest BCUT2D eigenvalue weighted by Crippen LogP contribution is 2.65. The third-order valence-electron chi connectivity index (χ3n) is 9.67. The molecule has 8 heteroatoms. The van der Waals surface area contributed by atoms with Gasteiger partial charge < -0.3 is 20.4 Å². The van der Waals surface area contributed by atoms with E-state index in [1.165, 1.54) is 13.0 Å². The Bertz CT molecular complexity index is 1720. The van der Waals surface area contributed by atoms with Gasteiger partial charge in [-0.15, -0.1) is 0 Å². The number of phenolic OH excluding ortho intramolecular Hbond substituents is 1. The molecule has 224 valence electrons. The minimum Gasteiger partial charge on any atom is -0.508 e. The number of hydrogen-bond donors (Lipinski definition) is 4. The number of fused-ring (bicyclic) bond motifs is 3. The number of rotatable bonds is 5. The summed E-state index contributed by atoms with van der Waals surface area (Å²) in [5.41, 5.74) is -3.46. The van der Waals surface area contributed by atoms with E-state index < -0.39 is 62.7 Å². The maximum atomic E-state index is 14.4. The Labute approximate surface area is 250 Å². The van der Waals surface area contributed by atoms with Gasteiger partial charge in [0.25, 0.3) is 0 Å². The van der Waals surface area contributed by atoms with Crippen LogP contribution in [-0.4, -0.2) is 49.2 Å². The third-order valence-corrected chi connectivity index (χ3v) is 9.67. The standard InChI is InChI=1S/C35H36O8/c1-17(2)27-29(39)25(19(4)37)31(41)35(43)32(42)28-30(40)26-23(15-33(28,5)16-34(27,35)6)21(12-13-24(26)38)11-10-20-8-7-9-22(14-20)18(3)36/h7-14,17,27,38,40-41,43H,15-16H2,1-6H3/b11-10+/t27?,33-,34-,35+/m1/s1. The molecule has 1 fully saturated rings. The fraction of sp³-hybridized carbons (Fsp3) is 0.371. The minimum atomic E-state index is -2.65. The van der Waals surface area contributed by atoms with E-state index in [-0.39, 0.29) is 35.5 Å². The minimum absolute atomic E-state index is 0.0182. The molecule has 8 nitrogen and oxygen atoms in total. The number of hydrogen-bond acceptors (Lipinski definition) is 8. The second-order valence-corrected chi connectivity index (χ2v) is 13.0. The van der Waals surface area contributed by atoms with Crippen LogP contribution >= 0.6 is 0 Å². The first-order valence-electron chi connectivity index (χ1n) is 14.3. The van der Waals surface area contributed by atoms with E-state index in [0.717, 1.165) is 12.5 Å². The van der Waals surface area contributed by atoms with Crippen molar-refractivity contribution in [2.75, 3.05) is 0 Å². The number of carbonyl (C=O) groups is 4. The van der Waals surface area contributed by atoms with Crippen LogP contribution in [0.15, 0.2) is 53.3 Å². The van der Waals surface area contributed by atoms with Crippen molar-refractivity contribution in [2.24, 2.45) is 22.7 Å². The van der Waals surface area contributed by atoms with Gasteiger partial charge in [0.2, 0.25) is 5.78 Å². The zero-order chi connectivity index (χ0) is 31.8. The molecule has 3 aliphatic rings. The topological polar surface area (TPSA) is 149 Å². The van der Waals surface area contributed by atoms with Crippen LogP contribution in [0.3, 0.4) is 0 Å². The SMILES string of the molecule is CC(=O)C1=C(O)[C@]2(O)C(=O)C3=C(O)c4c(O)ccc(/C=C/c5cccc(C(C)=O)c5)c4C[C@]3(C)C[C@]2(C)C(C(C)C)C1=O. The summed E-state index contributed by atoms with van der Waals surface area (Å²) in [4.78, 5) is 52.4. The molecule has 0 spiro atoms. The second-order valence-electron chi connectivity index (χ2n) is 13.0.